The molecule has 16 heteroatoms. The molecule has 0 aromatic carbocycles. The van der Waals surface area contributed by atoms with Crippen molar-refractivity contribution in [3.05, 3.63) is 30.0 Å². The zero-order valence-corrected chi connectivity index (χ0v) is 28.9. The summed E-state index contributed by atoms with van der Waals surface area (Å²) < 4.78 is 40.9. The van der Waals surface area contributed by atoms with Crippen molar-refractivity contribution in [2.24, 2.45) is 5.92 Å². The molecule has 5 heterocycles. The Labute approximate surface area is 285 Å². The molecule has 3 fully saturated rings. The van der Waals surface area contributed by atoms with Gasteiger partial charge in [0.15, 0.2) is 17.2 Å². The van der Waals surface area contributed by atoms with Crippen LogP contribution < -0.4 is 5.73 Å². The van der Waals surface area contributed by atoms with Crippen molar-refractivity contribution >= 4 is 33.1 Å². The minimum Gasteiger partial charge on any atom is -0.446 e. The highest BCUT2D eigenvalue weighted by Crippen LogP contribution is 2.48. The van der Waals surface area contributed by atoms with Gasteiger partial charge in [-0.1, -0.05) is 5.16 Å². The Morgan fingerprint density at radius 1 is 0.980 bits per heavy atom. The number of ether oxygens (including phenoxy) is 1. The molecule has 15 nitrogen and oxygen atoms in total. The number of fused-ring (bicyclic) bond motifs is 1. The number of amides is 1. The van der Waals surface area contributed by atoms with Gasteiger partial charge in [0.2, 0.25) is 0 Å². The molecule has 2 saturated carbocycles. The molecular formula is C33H43N9O6S. The number of piperidine rings is 1. The van der Waals surface area contributed by atoms with Crippen LogP contribution in [-0.2, 0) is 19.0 Å². The number of nitrogens with zero attached hydrogens (tertiary/aromatic N) is 8. The van der Waals surface area contributed by atoms with Gasteiger partial charge < -0.3 is 19.9 Å². The van der Waals surface area contributed by atoms with Crippen molar-refractivity contribution in [2.45, 2.75) is 95.6 Å². The summed E-state index contributed by atoms with van der Waals surface area (Å²) in [6, 6.07) is 0.0372. The number of likely N-dealkylation sites (tertiary alicyclic amines) is 1. The third-order valence-corrected chi connectivity index (χ3v) is 10.5. The lowest BCUT2D eigenvalue weighted by Crippen LogP contribution is -2.40. The molecule has 2 aliphatic carbocycles. The summed E-state index contributed by atoms with van der Waals surface area (Å²) in [7, 11) is -3.42. The second kappa shape index (κ2) is 13.6. The van der Waals surface area contributed by atoms with Crippen LogP contribution in [0.1, 0.15) is 101 Å². The van der Waals surface area contributed by atoms with Gasteiger partial charge in [-0.2, -0.15) is 13.5 Å². The number of nitrogens with two attached hydrogens (primary N) is 1. The molecule has 1 amide bonds. The fraction of sp³-hybridized carbons (Fsp3) is 0.606. The average Bonchev–Trinajstić information content (AvgIpc) is 3.71. The number of hydrogen-bond acceptors (Lipinski definition) is 13. The lowest BCUT2D eigenvalue weighted by atomic mass is 9.85. The average molecular weight is 694 g/mol. The van der Waals surface area contributed by atoms with Crippen molar-refractivity contribution in [1.29, 1.82) is 0 Å². The van der Waals surface area contributed by atoms with Gasteiger partial charge in [-0.05, 0) is 89.0 Å². The third-order valence-electron chi connectivity index (χ3n) is 9.90. The molecule has 0 unspecified atom stereocenters. The molecule has 262 valence electrons. The zero-order valence-electron chi connectivity index (χ0n) is 28.1. The van der Waals surface area contributed by atoms with Crippen LogP contribution in [0.2, 0.25) is 0 Å². The van der Waals surface area contributed by atoms with Crippen molar-refractivity contribution < 1.29 is 26.7 Å². The summed E-state index contributed by atoms with van der Waals surface area (Å²) in [6.07, 6.45) is 13.5. The second-order valence-electron chi connectivity index (χ2n) is 13.8. The Kier molecular flexibility index (Phi) is 9.26. The number of rotatable bonds is 10. The lowest BCUT2D eigenvalue weighted by molar-refractivity contribution is 0.0313. The van der Waals surface area contributed by atoms with Gasteiger partial charge in [0, 0.05) is 37.4 Å². The van der Waals surface area contributed by atoms with Crippen molar-refractivity contribution in [3.8, 4) is 22.8 Å². The van der Waals surface area contributed by atoms with Gasteiger partial charge in [0.1, 0.15) is 29.6 Å². The Hall–Kier alpha value is -4.18. The highest BCUT2D eigenvalue weighted by molar-refractivity contribution is 7.85. The van der Waals surface area contributed by atoms with Crippen LogP contribution in [-0.4, -0.2) is 86.3 Å². The molecule has 0 spiro atoms. The van der Waals surface area contributed by atoms with Crippen LogP contribution in [0, 0.1) is 5.92 Å². The Morgan fingerprint density at radius 3 is 2.35 bits per heavy atom. The summed E-state index contributed by atoms with van der Waals surface area (Å²) in [6.45, 7) is 5.45. The van der Waals surface area contributed by atoms with E-state index in [1.54, 1.807) is 4.90 Å². The van der Waals surface area contributed by atoms with Crippen LogP contribution in [0.4, 0.5) is 10.6 Å². The first-order chi connectivity index (χ1) is 23.6. The van der Waals surface area contributed by atoms with E-state index in [0.717, 1.165) is 74.5 Å². The summed E-state index contributed by atoms with van der Waals surface area (Å²) >= 11 is 0. The van der Waals surface area contributed by atoms with Crippen LogP contribution >= 0.6 is 0 Å². The third kappa shape index (κ3) is 7.25. The van der Waals surface area contributed by atoms with Crippen LogP contribution in [0.3, 0.4) is 0 Å². The van der Waals surface area contributed by atoms with Gasteiger partial charge in [0.25, 0.3) is 10.1 Å². The maximum absolute atomic E-state index is 13.0. The summed E-state index contributed by atoms with van der Waals surface area (Å²) in [5, 5.41) is 9.96. The SMILES string of the molecule is CC(C)n1nc(-c2noc(C3CC3)c2-c2ncc(C3CCN(C(=O)OC4CCC(CCOS(C)(=O)=O)CC4)CC3)cn2)c2c(N)ncnc21. The topological polar surface area (TPSA) is 194 Å². The summed E-state index contributed by atoms with van der Waals surface area (Å²) in [5.41, 5.74) is 9.79. The van der Waals surface area contributed by atoms with Gasteiger partial charge in [-0.25, -0.2) is 29.4 Å². The monoisotopic (exact) mass is 693 g/mol. The Morgan fingerprint density at radius 2 is 1.69 bits per heavy atom. The van der Waals surface area contributed by atoms with Crippen molar-refractivity contribution in [2.75, 3.05) is 31.7 Å². The molecular weight excluding hydrogens is 650 g/mol. The van der Waals surface area contributed by atoms with E-state index in [2.05, 4.69) is 15.1 Å². The largest absolute Gasteiger partial charge is 0.446 e. The number of carbonyl (C=O) groups is 1. The minimum absolute atomic E-state index is 0.0372. The Balaban J connectivity index is 0.991. The summed E-state index contributed by atoms with van der Waals surface area (Å²) in [5.74, 6) is 2.45. The maximum Gasteiger partial charge on any atom is 0.410 e. The van der Waals surface area contributed by atoms with E-state index in [9.17, 15) is 13.2 Å². The molecule has 7 rings (SSSR count). The van der Waals surface area contributed by atoms with Gasteiger partial charge >= 0.3 is 6.09 Å². The van der Waals surface area contributed by atoms with Gasteiger partial charge in [-0.15, -0.1) is 0 Å². The smallest absolute Gasteiger partial charge is 0.410 e. The van der Waals surface area contributed by atoms with E-state index in [-0.39, 0.29) is 36.7 Å². The lowest BCUT2D eigenvalue weighted by Gasteiger charge is -2.34. The van der Waals surface area contributed by atoms with Crippen LogP contribution in [0.15, 0.2) is 23.2 Å². The fourth-order valence-corrected chi connectivity index (χ4v) is 7.42. The standard InChI is InChI=1S/C33H43N9O6S/c1-19(2)42-32-26(30(34)37-18-38-32)27(39-42)28-25(29(48-40-28)22-6-7-22)31-35-16-23(17-36-31)21-10-13-41(14-11-21)33(43)47-24-8-4-20(5-9-24)12-15-46-49(3,44)45/h16-22,24H,4-15H2,1-3H3,(H2,34,37,38). The normalized spacial score (nSPS) is 20.7. The minimum atomic E-state index is -3.42. The summed E-state index contributed by atoms with van der Waals surface area (Å²) in [4.78, 5) is 33.1. The van der Waals surface area contributed by atoms with E-state index in [1.165, 1.54) is 6.33 Å². The van der Waals surface area contributed by atoms with Crippen molar-refractivity contribution in [1.82, 2.24) is 39.8 Å². The first-order valence-corrected chi connectivity index (χ1v) is 19.0. The maximum atomic E-state index is 13.0. The van der Waals surface area contributed by atoms with E-state index in [0.29, 0.717) is 59.5 Å². The molecule has 2 N–H and O–H groups in total. The molecule has 49 heavy (non-hydrogen) atoms. The predicted octanol–water partition coefficient (Wildman–Crippen LogP) is 5.22. The molecule has 4 aromatic rings. The zero-order chi connectivity index (χ0) is 34.3. The number of hydrogen-bond donors (Lipinski definition) is 1. The fourth-order valence-electron chi connectivity index (χ4n) is 7.02. The highest BCUT2D eigenvalue weighted by Gasteiger charge is 2.36. The number of aromatic nitrogens is 7. The van der Waals surface area contributed by atoms with E-state index in [1.807, 2.05) is 30.9 Å². The van der Waals surface area contributed by atoms with E-state index in [4.69, 9.17) is 34.2 Å². The molecule has 0 bridgehead atoms. The molecule has 1 saturated heterocycles. The molecule has 3 aliphatic rings. The quantitative estimate of drug-likeness (QED) is 0.213. The second-order valence-corrected chi connectivity index (χ2v) is 15.5. The molecule has 4 aromatic heterocycles. The first kappa shape index (κ1) is 33.3. The molecule has 0 atom stereocenters. The van der Waals surface area contributed by atoms with Crippen LogP contribution in [0.25, 0.3) is 33.8 Å². The molecule has 0 radical (unpaired) electrons. The first-order valence-electron chi connectivity index (χ1n) is 17.2. The number of anilines is 1. The number of nitrogen functional groups attached to an aromatic ring is 1. The van der Waals surface area contributed by atoms with E-state index >= 15 is 0 Å². The van der Waals surface area contributed by atoms with E-state index < -0.39 is 10.1 Å². The van der Waals surface area contributed by atoms with Crippen molar-refractivity contribution in [3.63, 3.8) is 0 Å². The van der Waals surface area contributed by atoms with Crippen LogP contribution in [0.5, 0.6) is 0 Å². The highest BCUT2D eigenvalue weighted by atomic mass is 32.2. The molecule has 1 aliphatic heterocycles. The van der Waals surface area contributed by atoms with Gasteiger partial charge in [0.05, 0.1) is 23.8 Å². The Bertz CT molecular complexity index is 1910. The van der Waals surface area contributed by atoms with Gasteiger partial charge in [-0.3, -0.25) is 4.18 Å². The predicted molar refractivity (Wildman–Crippen MR) is 180 cm³/mol. The number of carbonyl (C=O) groups excluding carboxylic acids is 1.